The van der Waals surface area contributed by atoms with Gasteiger partial charge in [-0.15, -0.1) is 0 Å². The van der Waals surface area contributed by atoms with Crippen molar-refractivity contribution in [2.75, 3.05) is 0 Å². The molecule has 1 atom stereocenters. The van der Waals surface area contributed by atoms with Gasteiger partial charge in [0, 0.05) is 12.7 Å². The van der Waals surface area contributed by atoms with Crippen LogP contribution in [0.5, 0.6) is 0 Å². The van der Waals surface area contributed by atoms with Crippen LogP contribution in [-0.2, 0) is 19.9 Å². The van der Waals surface area contributed by atoms with E-state index in [1.54, 1.807) is 6.07 Å². The summed E-state index contributed by atoms with van der Waals surface area (Å²) < 4.78 is 1.88. The van der Waals surface area contributed by atoms with Gasteiger partial charge in [0.25, 0.3) is 0 Å². The summed E-state index contributed by atoms with van der Waals surface area (Å²) in [5, 5.41) is 15.7. The Bertz CT molecular complexity index is 637. The quantitative estimate of drug-likeness (QED) is 0.905. The van der Waals surface area contributed by atoms with Crippen LogP contribution >= 0.6 is 23.2 Å². The van der Waals surface area contributed by atoms with Crippen LogP contribution in [0.1, 0.15) is 28.9 Å². The molecule has 1 N–H and O–H groups in total. The molecule has 21 heavy (non-hydrogen) atoms. The Morgan fingerprint density at radius 2 is 2.00 bits per heavy atom. The van der Waals surface area contributed by atoms with Gasteiger partial charge in [-0.1, -0.05) is 35.3 Å². The predicted octanol–water partition coefficient (Wildman–Crippen LogP) is 3.88. The van der Waals surface area contributed by atoms with Crippen molar-refractivity contribution < 1.29 is 5.11 Å². The number of nitrogens with zero attached hydrogens (tertiary/aromatic N) is 2. The summed E-state index contributed by atoms with van der Waals surface area (Å²) in [6.07, 6.45) is 1.55. The molecule has 5 heteroatoms. The molecular weight excluding hydrogens is 307 g/mol. The molecule has 0 amide bonds. The highest BCUT2D eigenvalue weighted by atomic mass is 35.5. The van der Waals surface area contributed by atoms with E-state index in [0.717, 1.165) is 23.4 Å². The van der Waals surface area contributed by atoms with E-state index in [2.05, 4.69) is 12.0 Å². The molecule has 2 rings (SSSR count). The van der Waals surface area contributed by atoms with Gasteiger partial charge in [0.15, 0.2) is 0 Å². The van der Waals surface area contributed by atoms with Crippen LogP contribution in [0.25, 0.3) is 0 Å². The standard InChI is InChI=1S/C16H20Cl2N2O/c1-10-14(11(2)20(3)19-10)8-7-13(21)9-12-5-4-6-15(17)16(12)18/h4-6,13,21H,7-9H2,1-3H3. The lowest BCUT2D eigenvalue weighted by atomic mass is 10.0. The maximum atomic E-state index is 10.2. The minimum atomic E-state index is -0.444. The summed E-state index contributed by atoms with van der Waals surface area (Å²) in [6.45, 7) is 4.05. The third-order valence-electron chi connectivity index (χ3n) is 3.87. The van der Waals surface area contributed by atoms with E-state index >= 15 is 0 Å². The van der Waals surface area contributed by atoms with Gasteiger partial charge in [-0.3, -0.25) is 4.68 Å². The van der Waals surface area contributed by atoms with Crippen molar-refractivity contribution in [3.8, 4) is 0 Å². The Balaban J connectivity index is 1.99. The number of rotatable bonds is 5. The summed E-state index contributed by atoms with van der Waals surface area (Å²) in [4.78, 5) is 0. The van der Waals surface area contributed by atoms with E-state index in [1.165, 1.54) is 5.56 Å². The van der Waals surface area contributed by atoms with Gasteiger partial charge in [0.05, 0.1) is 21.8 Å². The first-order valence-corrected chi connectivity index (χ1v) is 7.75. The van der Waals surface area contributed by atoms with Crippen molar-refractivity contribution in [1.82, 2.24) is 9.78 Å². The van der Waals surface area contributed by atoms with Gasteiger partial charge < -0.3 is 5.11 Å². The molecule has 1 aromatic carbocycles. The van der Waals surface area contributed by atoms with Crippen LogP contribution in [0, 0.1) is 13.8 Å². The fourth-order valence-corrected chi connectivity index (χ4v) is 2.95. The smallest absolute Gasteiger partial charge is 0.0628 e. The highest BCUT2D eigenvalue weighted by Gasteiger charge is 2.14. The summed E-state index contributed by atoms with van der Waals surface area (Å²) in [5.41, 5.74) is 4.29. The van der Waals surface area contributed by atoms with Crippen LogP contribution in [0.2, 0.25) is 10.0 Å². The molecule has 0 saturated heterocycles. The number of aliphatic hydroxyl groups is 1. The monoisotopic (exact) mass is 326 g/mol. The van der Waals surface area contributed by atoms with E-state index in [4.69, 9.17) is 23.2 Å². The first-order valence-electron chi connectivity index (χ1n) is 7.00. The number of aryl methyl sites for hydroxylation is 2. The van der Waals surface area contributed by atoms with Crippen LogP contribution in [-0.4, -0.2) is 21.0 Å². The van der Waals surface area contributed by atoms with E-state index < -0.39 is 6.10 Å². The number of hydrogen-bond acceptors (Lipinski definition) is 2. The molecule has 0 radical (unpaired) electrons. The Morgan fingerprint density at radius 1 is 1.29 bits per heavy atom. The van der Waals surface area contributed by atoms with Crippen LogP contribution < -0.4 is 0 Å². The van der Waals surface area contributed by atoms with Crippen LogP contribution in [0.3, 0.4) is 0 Å². The average Bonchev–Trinajstić information content (AvgIpc) is 2.67. The highest BCUT2D eigenvalue weighted by molar-refractivity contribution is 6.42. The van der Waals surface area contributed by atoms with Gasteiger partial charge in [0.1, 0.15) is 0 Å². The topological polar surface area (TPSA) is 38.0 Å². The minimum Gasteiger partial charge on any atom is -0.393 e. The molecule has 0 saturated carbocycles. The summed E-state index contributed by atoms with van der Waals surface area (Å²) in [5.74, 6) is 0. The zero-order valence-electron chi connectivity index (χ0n) is 12.5. The number of hydrogen-bond donors (Lipinski definition) is 1. The molecule has 1 heterocycles. The van der Waals surface area contributed by atoms with Crippen molar-refractivity contribution in [3.05, 3.63) is 50.8 Å². The van der Waals surface area contributed by atoms with Gasteiger partial charge >= 0.3 is 0 Å². The molecule has 0 bridgehead atoms. The van der Waals surface area contributed by atoms with Crippen molar-refractivity contribution in [2.24, 2.45) is 7.05 Å². The molecule has 2 aromatic rings. The van der Waals surface area contributed by atoms with Crippen molar-refractivity contribution >= 4 is 23.2 Å². The maximum absolute atomic E-state index is 10.2. The SMILES string of the molecule is Cc1nn(C)c(C)c1CCC(O)Cc1cccc(Cl)c1Cl. The van der Waals surface area contributed by atoms with Gasteiger partial charge in [-0.25, -0.2) is 0 Å². The third kappa shape index (κ3) is 3.79. The molecule has 0 aliphatic heterocycles. The lowest BCUT2D eigenvalue weighted by Gasteiger charge is -2.12. The fourth-order valence-electron chi connectivity index (χ4n) is 2.55. The van der Waals surface area contributed by atoms with E-state index in [-0.39, 0.29) is 0 Å². The zero-order chi connectivity index (χ0) is 15.6. The summed E-state index contributed by atoms with van der Waals surface area (Å²) in [7, 11) is 1.94. The lowest BCUT2D eigenvalue weighted by molar-refractivity contribution is 0.165. The predicted molar refractivity (Wildman–Crippen MR) is 87.2 cm³/mol. The molecule has 0 aliphatic carbocycles. The summed E-state index contributed by atoms with van der Waals surface area (Å²) >= 11 is 12.1. The van der Waals surface area contributed by atoms with Gasteiger partial charge in [-0.2, -0.15) is 5.10 Å². The lowest BCUT2D eigenvalue weighted by Crippen LogP contribution is -2.12. The average molecular weight is 327 g/mol. The highest BCUT2D eigenvalue weighted by Crippen LogP contribution is 2.27. The molecule has 1 unspecified atom stereocenters. The largest absolute Gasteiger partial charge is 0.393 e. The molecule has 0 aliphatic rings. The molecule has 1 aromatic heterocycles. The molecule has 0 spiro atoms. The van der Waals surface area contributed by atoms with E-state index in [9.17, 15) is 5.11 Å². The second-order valence-corrected chi connectivity index (χ2v) is 6.17. The first-order chi connectivity index (χ1) is 9.90. The Hall–Kier alpha value is -1.03. The zero-order valence-corrected chi connectivity index (χ0v) is 14.0. The number of halogens is 2. The second-order valence-electron chi connectivity index (χ2n) is 5.38. The van der Waals surface area contributed by atoms with Crippen molar-refractivity contribution in [3.63, 3.8) is 0 Å². The van der Waals surface area contributed by atoms with Crippen molar-refractivity contribution in [1.29, 1.82) is 0 Å². The minimum absolute atomic E-state index is 0.444. The number of benzene rings is 1. The Labute approximate surface area is 135 Å². The molecule has 0 fully saturated rings. The second kappa shape index (κ2) is 6.82. The normalized spacial score (nSPS) is 12.7. The maximum Gasteiger partial charge on any atom is 0.0628 e. The fraction of sp³-hybridized carbons (Fsp3) is 0.438. The Morgan fingerprint density at radius 3 is 2.62 bits per heavy atom. The van der Waals surface area contributed by atoms with Crippen molar-refractivity contribution in [2.45, 2.75) is 39.2 Å². The number of aromatic nitrogens is 2. The Kier molecular flexibility index (Phi) is 5.31. The van der Waals surface area contributed by atoms with Crippen LogP contribution in [0.4, 0.5) is 0 Å². The third-order valence-corrected chi connectivity index (χ3v) is 4.73. The van der Waals surface area contributed by atoms with E-state index in [1.807, 2.05) is 30.8 Å². The number of aliphatic hydroxyl groups excluding tert-OH is 1. The molecule has 114 valence electrons. The molecular formula is C16H20Cl2N2O. The van der Waals surface area contributed by atoms with E-state index in [0.29, 0.717) is 22.9 Å². The van der Waals surface area contributed by atoms with Crippen LogP contribution in [0.15, 0.2) is 18.2 Å². The van der Waals surface area contributed by atoms with Gasteiger partial charge in [-0.05, 0) is 50.3 Å². The summed E-state index contributed by atoms with van der Waals surface area (Å²) in [6, 6.07) is 5.51. The first kappa shape index (κ1) is 16.3. The van der Waals surface area contributed by atoms with Gasteiger partial charge in [0.2, 0.25) is 0 Å². The molecule has 3 nitrogen and oxygen atoms in total.